The molecule has 4 fully saturated rings. The largest absolute Gasteiger partial charge is 0.472 e. The van der Waals surface area contributed by atoms with Gasteiger partial charge >= 0.3 is 6.09 Å². The fourth-order valence-electron chi connectivity index (χ4n) is 7.67. The molecule has 15 heteroatoms. The molecular formula is C27H29F3N6O6. The predicted octanol–water partition coefficient (Wildman–Crippen LogP) is 1.48. The summed E-state index contributed by atoms with van der Waals surface area (Å²) in [4.78, 5) is 59.3. The fraction of sp³-hybridized carbons (Fsp3) is 0.630. The Kier molecular flexibility index (Phi) is 6.50. The number of pyridine rings is 1. The Balaban J connectivity index is 1.34. The van der Waals surface area contributed by atoms with Gasteiger partial charge in [-0.25, -0.2) is 22.9 Å². The molecule has 5 aliphatic rings. The Morgan fingerprint density at radius 2 is 2.07 bits per heavy atom. The first kappa shape index (κ1) is 28.0. The second-order valence-corrected chi connectivity index (χ2v) is 11.8. The molecule has 2 N–H and O–H groups in total. The van der Waals surface area contributed by atoms with Crippen molar-refractivity contribution in [3.8, 4) is 11.8 Å². The maximum absolute atomic E-state index is 15.0. The Hall–Kier alpha value is -4.09. The normalized spacial score (nSPS) is 35.1. The minimum atomic E-state index is -3.74. The van der Waals surface area contributed by atoms with Gasteiger partial charge in [0, 0.05) is 26.1 Å². The maximum Gasteiger partial charge on any atom is 0.407 e. The monoisotopic (exact) mass is 590 g/mol. The lowest BCUT2D eigenvalue weighted by Crippen LogP contribution is -2.61. The zero-order valence-electron chi connectivity index (χ0n) is 22.8. The highest BCUT2D eigenvalue weighted by molar-refractivity contribution is 6.01. The number of alkyl halides is 3. The second kappa shape index (κ2) is 9.74. The Morgan fingerprint density at radius 3 is 2.76 bits per heavy atom. The molecular weight excluding hydrogens is 561 g/mol. The number of alkyl carbamates (subject to hydrolysis) is 1. The van der Waals surface area contributed by atoms with Crippen LogP contribution in [0.5, 0.6) is 5.75 Å². The molecule has 1 unspecified atom stereocenters. The fourth-order valence-corrected chi connectivity index (χ4v) is 7.67. The Labute approximate surface area is 238 Å². The van der Waals surface area contributed by atoms with Gasteiger partial charge in [0.15, 0.2) is 17.6 Å². The van der Waals surface area contributed by atoms with Gasteiger partial charge in [0.25, 0.3) is 17.7 Å². The molecule has 6 rings (SSSR count). The summed E-state index contributed by atoms with van der Waals surface area (Å²) < 4.78 is 54.8. The molecule has 2 aliphatic carbocycles. The number of hydrogen-bond acceptors (Lipinski definition) is 8. The number of nitrogens with zero attached hydrogens (tertiary/aromatic N) is 4. The topological polar surface area (TPSA) is 154 Å². The van der Waals surface area contributed by atoms with Gasteiger partial charge in [0.05, 0.1) is 19.7 Å². The smallest absolute Gasteiger partial charge is 0.407 e. The molecule has 1 aromatic rings. The molecule has 1 aromatic heterocycles. The Morgan fingerprint density at radius 1 is 1.31 bits per heavy atom. The number of methoxy groups -OCH3 is 1. The highest BCUT2D eigenvalue weighted by Crippen LogP contribution is 2.59. The molecule has 42 heavy (non-hydrogen) atoms. The Bertz CT molecular complexity index is 1380. The van der Waals surface area contributed by atoms with Gasteiger partial charge in [-0.3, -0.25) is 14.4 Å². The van der Waals surface area contributed by atoms with E-state index in [0.717, 1.165) is 16.9 Å². The van der Waals surface area contributed by atoms with Crippen molar-refractivity contribution in [2.24, 2.45) is 23.7 Å². The van der Waals surface area contributed by atoms with Crippen LogP contribution in [0.25, 0.3) is 0 Å². The number of nitriles is 1. The van der Waals surface area contributed by atoms with E-state index in [0.29, 0.717) is 13.3 Å². The zero-order chi connectivity index (χ0) is 30.1. The first-order valence-corrected chi connectivity index (χ1v) is 13.7. The number of rotatable bonds is 4. The van der Waals surface area contributed by atoms with Gasteiger partial charge in [0.2, 0.25) is 11.5 Å². The molecule has 2 bridgehead atoms. The third-order valence-electron chi connectivity index (χ3n) is 9.49. The number of carbonyl (C=O) groups is 4. The summed E-state index contributed by atoms with van der Waals surface area (Å²) in [5.41, 5.74) is -1.64. The molecule has 12 nitrogen and oxygen atoms in total. The number of amides is 4. The number of fused-ring (bicyclic) bond motifs is 6. The maximum atomic E-state index is 15.0. The van der Waals surface area contributed by atoms with Crippen LogP contribution in [0.15, 0.2) is 18.3 Å². The predicted molar refractivity (Wildman–Crippen MR) is 135 cm³/mol. The molecule has 3 aliphatic heterocycles. The van der Waals surface area contributed by atoms with Crippen LogP contribution in [-0.4, -0.2) is 94.6 Å². The van der Waals surface area contributed by atoms with Crippen LogP contribution in [0, 0.1) is 35.0 Å². The number of likely N-dealkylation sites (tertiary alicyclic amines) is 2. The highest BCUT2D eigenvalue weighted by atomic mass is 19.3. The van der Waals surface area contributed by atoms with E-state index in [4.69, 9.17) is 4.74 Å². The second-order valence-electron chi connectivity index (χ2n) is 11.8. The lowest BCUT2D eigenvalue weighted by atomic mass is 9.77. The number of anilines is 1. The lowest BCUT2D eigenvalue weighted by molar-refractivity contribution is -0.152. The molecule has 9 atom stereocenters. The van der Waals surface area contributed by atoms with Crippen LogP contribution in [0.4, 0.5) is 23.8 Å². The number of carbonyl (C=O) groups excluding carboxylic acids is 4. The third-order valence-corrected chi connectivity index (χ3v) is 9.49. The first-order valence-electron chi connectivity index (χ1n) is 13.7. The van der Waals surface area contributed by atoms with E-state index in [9.17, 15) is 33.2 Å². The summed E-state index contributed by atoms with van der Waals surface area (Å²) >= 11 is 0. The van der Waals surface area contributed by atoms with Crippen LogP contribution in [-0.2, 0) is 19.1 Å². The van der Waals surface area contributed by atoms with Crippen molar-refractivity contribution < 1.29 is 41.8 Å². The van der Waals surface area contributed by atoms with E-state index in [2.05, 4.69) is 15.0 Å². The molecule has 1 spiro atoms. The van der Waals surface area contributed by atoms with Gasteiger partial charge in [-0.15, -0.1) is 0 Å². The molecule has 2 saturated heterocycles. The molecule has 4 amide bonds. The summed E-state index contributed by atoms with van der Waals surface area (Å²) in [5.74, 6) is -7.63. The van der Waals surface area contributed by atoms with Crippen LogP contribution in [0.1, 0.15) is 26.2 Å². The van der Waals surface area contributed by atoms with E-state index in [1.165, 1.54) is 6.20 Å². The van der Waals surface area contributed by atoms with Crippen molar-refractivity contribution in [3.05, 3.63) is 18.3 Å². The van der Waals surface area contributed by atoms with E-state index < -0.39 is 71.5 Å². The van der Waals surface area contributed by atoms with E-state index in [-0.39, 0.29) is 49.3 Å². The molecule has 0 aromatic carbocycles. The van der Waals surface area contributed by atoms with Gasteiger partial charge in [-0.2, -0.15) is 5.26 Å². The summed E-state index contributed by atoms with van der Waals surface area (Å²) in [6.45, 7) is 0.0126. The van der Waals surface area contributed by atoms with Crippen molar-refractivity contribution in [2.45, 2.75) is 62.0 Å². The van der Waals surface area contributed by atoms with Crippen molar-refractivity contribution in [1.29, 1.82) is 5.26 Å². The van der Waals surface area contributed by atoms with Crippen LogP contribution < -0.4 is 15.4 Å². The number of hydrogen-bond donors (Lipinski definition) is 2. The quantitative estimate of drug-likeness (QED) is 0.535. The van der Waals surface area contributed by atoms with Crippen LogP contribution in [0.2, 0.25) is 0 Å². The number of nitrogens with one attached hydrogen (secondary N) is 2. The SMILES string of the molecule is COC(=O)N[C@H](C(=O)N1C[C@@H]2[C@H]3C[C@@H]([C@@H]2[C@H]1C(=O)N1C[C@@]2(CC1C#N)Oc1cccnc1NC2=O)[C@H](F)C3)C(C)(F)F. The molecule has 4 heterocycles. The summed E-state index contributed by atoms with van der Waals surface area (Å²) in [5, 5.41) is 14.5. The average molecular weight is 591 g/mol. The number of aromatic nitrogens is 1. The highest BCUT2D eigenvalue weighted by Gasteiger charge is 2.65. The minimum absolute atomic E-state index is 0.0878. The summed E-state index contributed by atoms with van der Waals surface area (Å²) in [6.07, 6.45) is -0.481. The van der Waals surface area contributed by atoms with Crippen molar-refractivity contribution in [1.82, 2.24) is 20.1 Å². The third kappa shape index (κ3) is 4.21. The van der Waals surface area contributed by atoms with E-state index >= 15 is 4.39 Å². The van der Waals surface area contributed by atoms with Gasteiger partial charge < -0.3 is 29.9 Å². The zero-order valence-corrected chi connectivity index (χ0v) is 22.8. The van der Waals surface area contributed by atoms with Crippen molar-refractivity contribution >= 4 is 29.6 Å². The van der Waals surface area contributed by atoms with Crippen LogP contribution in [0.3, 0.4) is 0 Å². The summed E-state index contributed by atoms with van der Waals surface area (Å²) in [7, 11) is 0.958. The van der Waals surface area contributed by atoms with Gasteiger partial charge in [0.1, 0.15) is 18.3 Å². The molecule has 2 saturated carbocycles. The molecule has 224 valence electrons. The van der Waals surface area contributed by atoms with Gasteiger partial charge in [-0.1, -0.05) is 0 Å². The van der Waals surface area contributed by atoms with Crippen molar-refractivity contribution in [2.75, 3.05) is 25.5 Å². The lowest BCUT2D eigenvalue weighted by Gasteiger charge is -2.37. The van der Waals surface area contributed by atoms with Gasteiger partial charge in [-0.05, 0) is 48.6 Å². The standard InChI is InChI=1S/C27H29F3N6O6/c1-26(29,30)20(33-25(40)41-2)23(38)35-10-15-12-6-14(16(28)7-12)18(15)19(35)22(37)36-11-27(8-13(36)9-31)24(39)34-21-17(42-27)4-3-5-32-21/h3-5,12-16,18-20H,6-8,10-11H2,1-2H3,(H,33,40)(H,32,34,39)/t12-,13?,14+,15+,16+,18-,19-,20+,27+/m0/s1. The van der Waals surface area contributed by atoms with Crippen molar-refractivity contribution in [3.63, 3.8) is 0 Å². The van der Waals surface area contributed by atoms with E-state index in [1.807, 2.05) is 11.4 Å². The number of ether oxygens (including phenoxy) is 2. The number of halogens is 3. The molecule has 0 radical (unpaired) electrons. The first-order chi connectivity index (χ1) is 19.9. The van der Waals surface area contributed by atoms with Crippen LogP contribution >= 0.6 is 0 Å². The van der Waals surface area contributed by atoms with E-state index in [1.54, 1.807) is 12.1 Å². The summed E-state index contributed by atoms with van der Waals surface area (Å²) in [6, 6.07) is 0.294. The average Bonchev–Trinajstić information content (AvgIpc) is 3.70. The minimum Gasteiger partial charge on any atom is -0.472 e.